The number of piperidine rings is 1. The number of aromatic nitrogens is 6. The van der Waals surface area contributed by atoms with Crippen molar-refractivity contribution in [2.45, 2.75) is 31.6 Å². The molecule has 31 heavy (non-hydrogen) atoms. The first-order valence-electron chi connectivity index (χ1n) is 9.56. The molecule has 164 valence electrons. The molecule has 3 N–H and O–H groups in total. The van der Waals surface area contributed by atoms with Crippen LogP contribution in [0.25, 0.3) is 11.0 Å². The molecular weight excluding hydrogens is 415 g/mol. The average molecular weight is 435 g/mol. The number of hydrogen-bond donors (Lipinski definition) is 3. The second kappa shape index (κ2) is 8.24. The van der Waals surface area contributed by atoms with Crippen molar-refractivity contribution < 1.29 is 18.0 Å². The fourth-order valence-electron chi connectivity index (χ4n) is 3.45. The first-order chi connectivity index (χ1) is 14.8. The van der Waals surface area contributed by atoms with E-state index in [1.54, 1.807) is 11.1 Å². The zero-order valence-electron chi connectivity index (χ0n) is 16.4. The average Bonchev–Trinajstić information content (AvgIpc) is 3.36. The van der Waals surface area contributed by atoms with Gasteiger partial charge in [-0.3, -0.25) is 14.6 Å². The quantitative estimate of drug-likeness (QED) is 0.509. The summed E-state index contributed by atoms with van der Waals surface area (Å²) in [5.74, 6) is 0.545. The van der Waals surface area contributed by atoms with Crippen molar-refractivity contribution in [3.63, 3.8) is 0 Å². The number of rotatable bonds is 6. The van der Waals surface area contributed by atoms with Crippen LogP contribution in [-0.4, -0.2) is 66.1 Å². The molecule has 0 spiro atoms. The largest absolute Gasteiger partial charge is 0.408 e. The van der Waals surface area contributed by atoms with Gasteiger partial charge in [0, 0.05) is 25.3 Å². The van der Waals surface area contributed by atoms with E-state index < -0.39 is 12.7 Å². The van der Waals surface area contributed by atoms with Crippen LogP contribution in [0.1, 0.15) is 12.8 Å². The number of alkyl halides is 3. The zero-order valence-corrected chi connectivity index (χ0v) is 16.4. The number of carbonyl (C=O) groups excluding carboxylic acids is 1. The molecule has 1 atom stereocenters. The molecule has 1 fully saturated rings. The maximum Gasteiger partial charge on any atom is 0.408 e. The number of fused-ring (bicyclic) bond motifs is 1. The van der Waals surface area contributed by atoms with Crippen LogP contribution in [0.4, 0.5) is 30.6 Å². The molecule has 3 aromatic heterocycles. The van der Waals surface area contributed by atoms with Crippen LogP contribution in [0.5, 0.6) is 0 Å². The van der Waals surface area contributed by atoms with Crippen molar-refractivity contribution in [3.8, 4) is 0 Å². The number of likely N-dealkylation sites (tertiary alicyclic amines) is 1. The predicted octanol–water partition coefficient (Wildman–Crippen LogP) is 2.44. The third-order valence-corrected chi connectivity index (χ3v) is 4.79. The van der Waals surface area contributed by atoms with Crippen molar-refractivity contribution in [2.24, 2.45) is 0 Å². The van der Waals surface area contributed by atoms with Gasteiger partial charge in [-0.05, 0) is 18.9 Å². The van der Waals surface area contributed by atoms with E-state index in [0.29, 0.717) is 35.6 Å². The van der Waals surface area contributed by atoms with Crippen molar-refractivity contribution in [3.05, 3.63) is 31.2 Å². The lowest BCUT2D eigenvalue weighted by Gasteiger charge is -2.32. The predicted molar refractivity (Wildman–Crippen MR) is 107 cm³/mol. The van der Waals surface area contributed by atoms with Gasteiger partial charge in [0.2, 0.25) is 11.9 Å². The van der Waals surface area contributed by atoms with Gasteiger partial charge < -0.3 is 15.5 Å². The number of H-pyrrole nitrogens is 1. The Bertz CT molecular complexity index is 1090. The Labute approximate surface area is 174 Å². The van der Waals surface area contributed by atoms with Gasteiger partial charge in [-0.25, -0.2) is 0 Å². The summed E-state index contributed by atoms with van der Waals surface area (Å²) >= 11 is 0. The Morgan fingerprint density at radius 2 is 2.19 bits per heavy atom. The van der Waals surface area contributed by atoms with E-state index >= 15 is 0 Å². The molecule has 10 nitrogen and oxygen atoms in total. The van der Waals surface area contributed by atoms with Crippen LogP contribution in [0.3, 0.4) is 0 Å². The van der Waals surface area contributed by atoms with E-state index in [1.165, 1.54) is 18.5 Å². The number of anilines is 3. The van der Waals surface area contributed by atoms with E-state index in [0.717, 1.165) is 17.5 Å². The summed E-state index contributed by atoms with van der Waals surface area (Å²) in [6.07, 6.45) is 2.67. The summed E-state index contributed by atoms with van der Waals surface area (Å²) in [6.45, 7) is 3.51. The van der Waals surface area contributed by atoms with E-state index in [-0.39, 0.29) is 17.9 Å². The van der Waals surface area contributed by atoms with E-state index in [1.807, 2.05) is 0 Å². The molecule has 0 aliphatic carbocycles. The molecule has 1 unspecified atom stereocenters. The van der Waals surface area contributed by atoms with Crippen molar-refractivity contribution in [1.82, 2.24) is 34.8 Å². The number of hydrogen-bond acceptors (Lipinski definition) is 7. The minimum Gasteiger partial charge on any atom is -0.365 e. The van der Waals surface area contributed by atoms with Gasteiger partial charge in [0.1, 0.15) is 12.4 Å². The van der Waals surface area contributed by atoms with Crippen LogP contribution in [0.2, 0.25) is 0 Å². The Balaban J connectivity index is 1.53. The molecule has 4 rings (SSSR count). The van der Waals surface area contributed by atoms with Gasteiger partial charge in [0.05, 0.1) is 23.5 Å². The highest BCUT2D eigenvalue weighted by Crippen LogP contribution is 2.25. The second-order valence-electron chi connectivity index (χ2n) is 7.17. The summed E-state index contributed by atoms with van der Waals surface area (Å²) in [7, 11) is 0. The Hall–Kier alpha value is -3.64. The first kappa shape index (κ1) is 20.6. The topological polar surface area (TPSA) is 117 Å². The van der Waals surface area contributed by atoms with Gasteiger partial charge in [-0.2, -0.15) is 33.3 Å². The monoisotopic (exact) mass is 435 g/mol. The smallest absolute Gasteiger partial charge is 0.365 e. The number of aromatic amines is 1. The van der Waals surface area contributed by atoms with Gasteiger partial charge in [-0.15, -0.1) is 0 Å². The highest BCUT2D eigenvalue weighted by Gasteiger charge is 2.28. The Morgan fingerprint density at radius 3 is 2.97 bits per heavy atom. The fourth-order valence-corrected chi connectivity index (χ4v) is 3.45. The molecular formula is C18H20F3N9O. The van der Waals surface area contributed by atoms with Gasteiger partial charge in [-0.1, -0.05) is 6.58 Å². The summed E-state index contributed by atoms with van der Waals surface area (Å²) < 4.78 is 38.4. The maximum absolute atomic E-state index is 12.5. The number of halogens is 3. The molecule has 1 aliphatic heterocycles. The third-order valence-electron chi connectivity index (χ3n) is 4.79. The fraction of sp³-hybridized carbons (Fsp3) is 0.389. The highest BCUT2D eigenvalue weighted by molar-refractivity contribution is 5.88. The van der Waals surface area contributed by atoms with E-state index in [4.69, 9.17) is 0 Å². The minimum atomic E-state index is -4.37. The normalized spacial score (nSPS) is 17.0. The molecule has 1 saturated heterocycles. The minimum absolute atomic E-state index is 0.0342. The third kappa shape index (κ3) is 4.92. The lowest BCUT2D eigenvalue weighted by Crippen LogP contribution is -2.44. The molecule has 0 aromatic carbocycles. The van der Waals surface area contributed by atoms with Gasteiger partial charge in [0.25, 0.3) is 0 Å². The molecule has 4 heterocycles. The number of carbonyl (C=O) groups is 1. The summed E-state index contributed by atoms with van der Waals surface area (Å²) in [5.41, 5.74) is 0.770. The number of amides is 1. The van der Waals surface area contributed by atoms with Crippen LogP contribution < -0.4 is 10.6 Å². The molecule has 0 saturated carbocycles. The van der Waals surface area contributed by atoms with Crippen LogP contribution in [-0.2, 0) is 11.3 Å². The standard InChI is InChI=1S/C18H20F3N9O/c1-2-14(31)29-5-3-4-11(8-29)24-15-13-7-22-28-16(13)27-17(26-15)25-12-6-23-30(9-12)10-18(19,20)21/h2,6-7,9,11H,1,3-5,8,10H2,(H3,22,24,25,26,27,28). The second-order valence-corrected chi connectivity index (χ2v) is 7.17. The maximum atomic E-state index is 12.5. The molecule has 3 aromatic rings. The van der Waals surface area contributed by atoms with Crippen LogP contribution >= 0.6 is 0 Å². The molecule has 13 heteroatoms. The van der Waals surface area contributed by atoms with E-state index in [2.05, 4.69) is 42.5 Å². The molecule has 0 radical (unpaired) electrons. The van der Waals surface area contributed by atoms with Crippen molar-refractivity contribution in [1.29, 1.82) is 0 Å². The summed E-state index contributed by atoms with van der Waals surface area (Å²) in [4.78, 5) is 22.4. The number of nitrogens with zero attached hydrogens (tertiary/aromatic N) is 6. The van der Waals surface area contributed by atoms with Crippen LogP contribution in [0, 0.1) is 0 Å². The lowest BCUT2D eigenvalue weighted by molar-refractivity contribution is -0.142. The molecule has 1 amide bonds. The lowest BCUT2D eigenvalue weighted by atomic mass is 10.1. The van der Waals surface area contributed by atoms with E-state index in [9.17, 15) is 18.0 Å². The summed E-state index contributed by atoms with van der Waals surface area (Å²) in [6, 6.07) is -0.0342. The van der Waals surface area contributed by atoms with Crippen LogP contribution in [0.15, 0.2) is 31.2 Å². The Kier molecular flexibility index (Phi) is 5.48. The number of nitrogens with one attached hydrogen (secondary N) is 3. The SMILES string of the molecule is C=CC(=O)N1CCCC(Nc2nc(Nc3cnn(CC(F)(F)F)c3)nc3[nH]ncc23)C1. The van der Waals surface area contributed by atoms with Crippen molar-refractivity contribution >= 4 is 34.4 Å². The molecule has 1 aliphatic rings. The van der Waals surface area contributed by atoms with Gasteiger partial charge >= 0.3 is 6.18 Å². The summed E-state index contributed by atoms with van der Waals surface area (Å²) in [5, 5.41) is 17.3. The van der Waals surface area contributed by atoms with Crippen molar-refractivity contribution in [2.75, 3.05) is 23.7 Å². The zero-order chi connectivity index (χ0) is 22.0. The highest BCUT2D eigenvalue weighted by atomic mass is 19.4. The van der Waals surface area contributed by atoms with Gasteiger partial charge in [0.15, 0.2) is 5.65 Å². The Morgan fingerprint density at radius 1 is 1.35 bits per heavy atom. The first-order valence-corrected chi connectivity index (χ1v) is 9.56. The molecule has 0 bridgehead atoms.